The Morgan fingerprint density at radius 1 is 1.04 bits per heavy atom. The molecule has 2 atom stereocenters. The lowest BCUT2D eigenvalue weighted by Crippen LogP contribution is -2.38. The van der Waals surface area contributed by atoms with E-state index in [4.69, 9.17) is 4.74 Å². The number of hydrogen-bond acceptors (Lipinski definition) is 4. The Balaban J connectivity index is 1.66. The highest BCUT2D eigenvalue weighted by atomic mass is 32.2. The minimum absolute atomic E-state index is 0.0517. The van der Waals surface area contributed by atoms with E-state index in [1.165, 1.54) is 30.2 Å². The van der Waals surface area contributed by atoms with Gasteiger partial charge in [-0.05, 0) is 61.7 Å². The third-order valence-electron chi connectivity index (χ3n) is 5.25. The van der Waals surface area contributed by atoms with E-state index in [0.29, 0.717) is 16.7 Å². The van der Waals surface area contributed by atoms with E-state index in [1.807, 2.05) is 6.07 Å². The zero-order chi connectivity index (χ0) is 17.4. The molecule has 25 heavy (non-hydrogen) atoms. The van der Waals surface area contributed by atoms with Gasteiger partial charge >= 0.3 is 0 Å². The molecule has 2 unspecified atom stereocenters. The first-order valence-electron chi connectivity index (χ1n) is 8.81. The molecular weight excluding hydrogens is 334 g/mol. The van der Waals surface area contributed by atoms with E-state index in [9.17, 15) is 8.42 Å². The third-order valence-corrected chi connectivity index (χ3v) is 6.36. The first-order chi connectivity index (χ1) is 12.0. The van der Waals surface area contributed by atoms with Crippen LogP contribution in [0.1, 0.15) is 30.1 Å². The van der Waals surface area contributed by atoms with Crippen molar-refractivity contribution in [1.82, 2.24) is 4.90 Å². The highest BCUT2D eigenvalue weighted by Gasteiger charge is 2.38. The fraction of sp³-hybridized carbons (Fsp3) is 0.400. The SMILES string of the molecule is CS(=O)(=O)c1cccc(OC2c3ccccc3CC2N2CCCC2)c1. The second-order valence-corrected chi connectivity index (χ2v) is 9.01. The summed E-state index contributed by atoms with van der Waals surface area (Å²) in [6.45, 7) is 2.23. The normalized spacial score (nSPS) is 23.6. The van der Waals surface area contributed by atoms with Crippen LogP contribution in [-0.2, 0) is 16.3 Å². The fourth-order valence-electron chi connectivity index (χ4n) is 4.00. The molecule has 2 aromatic carbocycles. The van der Waals surface area contributed by atoms with Crippen LogP contribution in [0.2, 0.25) is 0 Å². The number of sulfone groups is 1. The molecule has 1 aliphatic carbocycles. The monoisotopic (exact) mass is 357 g/mol. The van der Waals surface area contributed by atoms with Crippen molar-refractivity contribution in [2.75, 3.05) is 19.3 Å². The van der Waals surface area contributed by atoms with Gasteiger partial charge in [-0.3, -0.25) is 4.90 Å². The molecule has 1 saturated heterocycles. The average Bonchev–Trinajstić information content (AvgIpc) is 3.23. The van der Waals surface area contributed by atoms with Crippen LogP contribution in [-0.4, -0.2) is 38.7 Å². The van der Waals surface area contributed by atoms with Gasteiger partial charge in [-0.2, -0.15) is 0 Å². The molecule has 0 aromatic heterocycles. The number of likely N-dealkylation sites (tertiary alicyclic amines) is 1. The molecule has 4 rings (SSSR count). The summed E-state index contributed by atoms with van der Waals surface area (Å²) in [6.07, 6.45) is 4.65. The van der Waals surface area contributed by atoms with Gasteiger partial charge in [0.1, 0.15) is 11.9 Å². The largest absolute Gasteiger partial charge is 0.484 e. The van der Waals surface area contributed by atoms with Crippen LogP contribution in [0.15, 0.2) is 53.4 Å². The molecule has 1 heterocycles. The Hall–Kier alpha value is -1.85. The summed E-state index contributed by atoms with van der Waals surface area (Å²) < 4.78 is 30.0. The van der Waals surface area contributed by atoms with E-state index in [-0.39, 0.29) is 6.10 Å². The van der Waals surface area contributed by atoms with Gasteiger partial charge in [-0.15, -0.1) is 0 Å². The van der Waals surface area contributed by atoms with Crippen molar-refractivity contribution >= 4 is 9.84 Å². The molecule has 1 aliphatic heterocycles. The number of nitrogens with zero attached hydrogens (tertiary/aromatic N) is 1. The first kappa shape index (κ1) is 16.6. The summed E-state index contributed by atoms with van der Waals surface area (Å²) in [5.74, 6) is 0.619. The molecular formula is C20H23NO3S. The van der Waals surface area contributed by atoms with Crippen molar-refractivity contribution < 1.29 is 13.2 Å². The van der Waals surface area contributed by atoms with Gasteiger partial charge in [0, 0.05) is 6.26 Å². The summed E-state index contributed by atoms with van der Waals surface area (Å²) >= 11 is 0. The van der Waals surface area contributed by atoms with Gasteiger partial charge in [0.15, 0.2) is 9.84 Å². The maximum atomic E-state index is 11.8. The van der Waals surface area contributed by atoms with E-state index >= 15 is 0 Å². The third kappa shape index (κ3) is 3.31. The number of fused-ring (bicyclic) bond motifs is 1. The summed E-state index contributed by atoms with van der Waals surface area (Å²) in [6, 6.07) is 15.6. The van der Waals surface area contributed by atoms with Gasteiger partial charge in [0.25, 0.3) is 0 Å². The number of hydrogen-bond donors (Lipinski definition) is 0. The molecule has 5 heteroatoms. The second-order valence-electron chi connectivity index (χ2n) is 7.00. The molecule has 0 bridgehead atoms. The Bertz CT molecular complexity index is 872. The van der Waals surface area contributed by atoms with Crippen LogP contribution >= 0.6 is 0 Å². The van der Waals surface area contributed by atoms with E-state index < -0.39 is 9.84 Å². The van der Waals surface area contributed by atoms with Gasteiger partial charge < -0.3 is 4.74 Å². The zero-order valence-electron chi connectivity index (χ0n) is 14.4. The van der Waals surface area contributed by atoms with Gasteiger partial charge in [-0.1, -0.05) is 30.3 Å². The van der Waals surface area contributed by atoms with Gasteiger partial charge in [0.2, 0.25) is 0 Å². The summed E-state index contributed by atoms with van der Waals surface area (Å²) in [7, 11) is -3.24. The van der Waals surface area contributed by atoms with Gasteiger partial charge in [0.05, 0.1) is 10.9 Å². The van der Waals surface area contributed by atoms with Crippen molar-refractivity contribution in [3.8, 4) is 5.75 Å². The first-order valence-corrected chi connectivity index (χ1v) is 10.7. The molecule has 2 aliphatic rings. The minimum Gasteiger partial charge on any atom is -0.484 e. The van der Waals surface area contributed by atoms with E-state index in [0.717, 1.165) is 19.5 Å². The maximum Gasteiger partial charge on any atom is 0.175 e. The van der Waals surface area contributed by atoms with E-state index in [2.05, 4.69) is 29.2 Å². The second kappa shape index (κ2) is 6.46. The summed E-state index contributed by atoms with van der Waals surface area (Å²) in [4.78, 5) is 2.82. The van der Waals surface area contributed by atoms with Crippen molar-refractivity contribution in [2.24, 2.45) is 0 Å². The Kier molecular flexibility index (Phi) is 4.29. The van der Waals surface area contributed by atoms with E-state index in [1.54, 1.807) is 18.2 Å². The smallest absolute Gasteiger partial charge is 0.175 e. The number of benzene rings is 2. The van der Waals surface area contributed by atoms with Crippen LogP contribution in [0.3, 0.4) is 0 Å². The molecule has 0 amide bonds. The quantitative estimate of drug-likeness (QED) is 0.843. The van der Waals surface area contributed by atoms with Crippen LogP contribution in [0.4, 0.5) is 0 Å². The standard InChI is InChI=1S/C20H23NO3S/c1-25(22,23)17-9-6-8-16(14-17)24-20-18-10-3-2-7-15(18)13-19(20)21-11-4-5-12-21/h2-3,6-10,14,19-20H,4-5,11-13H2,1H3. The summed E-state index contributed by atoms with van der Waals surface area (Å²) in [5, 5.41) is 0. The lowest BCUT2D eigenvalue weighted by molar-refractivity contribution is 0.0939. The Labute approximate surface area is 149 Å². The molecule has 0 N–H and O–H groups in total. The topological polar surface area (TPSA) is 46.6 Å². The minimum atomic E-state index is -3.24. The van der Waals surface area contributed by atoms with Crippen LogP contribution < -0.4 is 4.74 Å². The van der Waals surface area contributed by atoms with Crippen molar-refractivity contribution in [3.63, 3.8) is 0 Å². The van der Waals surface area contributed by atoms with Crippen molar-refractivity contribution in [2.45, 2.75) is 36.3 Å². The molecule has 0 spiro atoms. The Morgan fingerprint density at radius 2 is 1.80 bits per heavy atom. The molecule has 0 radical (unpaired) electrons. The van der Waals surface area contributed by atoms with Crippen LogP contribution in [0.25, 0.3) is 0 Å². The zero-order valence-corrected chi connectivity index (χ0v) is 15.2. The molecule has 132 valence electrons. The van der Waals surface area contributed by atoms with Crippen LogP contribution in [0, 0.1) is 0 Å². The van der Waals surface area contributed by atoms with Crippen LogP contribution in [0.5, 0.6) is 5.75 Å². The fourth-order valence-corrected chi connectivity index (χ4v) is 4.65. The number of ether oxygens (including phenoxy) is 1. The lowest BCUT2D eigenvalue weighted by Gasteiger charge is -2.30. The highest BCUT2D eigenvalue weighted by Crippen LogP contribution is 2.39. The van der Waals surface area contributed by atoms with Crippen molar-refractivity contribution in [3.05, 3.63) is 59.7 Å². The average molecular weight is 357 g/mol. The van der Waals surface area contributed by atoms with Gasteiger partial charge in [-0.25, -0.2) is 8.42 Å². The van der Waals surface area contributed by atoms with Crippen molar-refractivity contribution in [1.29, 1.82) is 0 Å². The molecule has 4 nitrogen and oxygen atoms in total. The lowest BCUT2D eigenvalue weighted by atomic mass is 10.1. The highest BCUT2D eigenvalue weighted by molar-refractivity contribution is 7.90. The molecule has 0 saturated carbocycles. The number of rotatable bonds is 4. The maximum absolute atomic E-state index is 11.8. The summed E-state index contributed by atoms with van der Waals surface area (Å²) in [5.41, 5.74) is 2.56. The Morgan fingerprint density at radius 3 is 2.56 bits per heavy atom. The molecule has 1 fully saturated rings. The predicted molar refractivity (Wildman–Crippen MR) is 97.7 cm³/mol. The predicted octanol–water partition coefficient (Wildman–Crippen LogP) is 3.23. The molecule has 2 aromatic rings.